The van der Waals surface area contributed by atoms with E-state index in [4.69, 9.17) is 22.3 Å². The van der Waals surface area contributed by atoms with Crippen molar-refractivity contribution in [3.8, 4) is 0 Å². The second-order valence-corrected chi connectivity index (χ2v) is 8.36. The van der Waals surface area contributed by atoms with Crippen LogP contribution in [-0.2, 0) is 12.8 Å². The average Bonchev–Trinajstić information content (AvgIpc) is 3.26. The summed E-state index contributed by atoms with van der Waals surface area (Å²) in [6.07, 6.45) is 8.40. The van der Waals surface area contributed by atoms with Gasteiger partial charge >= 0.3 is 0 Å². The molecule has 1 unspecified atom stereocenters. The van der Waals surface area contributed by atoms with Crippen LogP contribution in [-0.4, -0.2) is 30.0 Å². The van der Waals surface area contributed by atoms with Crippen molar-refractivity contribution in [2.75, 3.05) is 20.1 Å². The number of aryl methyl sites for hydroxylation is 1. The van der Waals surface area contributed by atoms with E-state index in [0.717, 1.165) is 48.7 Å². The fourth-order valence-electron chi connectivity index (χ4n) is 4.26. The van der Waals surface area contributed by atoms with Crippen LogP contribution in [0.4, 0.5) is 0 Å². The smallest absolute Gasteiger partial charge is 0.0723 e. The molecule has 134 valence electrons. The highest BCUT2D eigenvalue weighted by molar-refractivity contribution is 6.31. The summed E-state index contributed by atoms with van der Waals surface area (Å²) in [6, 6.07) is 6.15. The van der Waals surface area contributed by atoms with E-state index in [1.807, 2.05) is 12.1 Å². The van der Waals surface area contributed by atoms with E-state index in [1.54, 1.807) is 0 Å². The Morgan fingerprint density at radius 2 is 2.16 bits per heavy atom. The number of hydrogen-bond donors (Lipinski definition) is 1. The van der Waals surface area contributed by atoms with Gasteiger partial charge in [0, 0.05) is 28.7 Å². The normalized spacial score (nSPS) is 18.1. The minimum atomic E-state index is 0.0906. The Morgan fingerprint density at radius 3 is 2.96 bits per heavy atom. The molecule has 0 aliphatic heterocycles. The minimum Gasteiger partial charge on any atom is -0.324 e. The van der Waals surface area contributed by atoms with Crippen LogP contribution in [0.1, 0.15) is 55.0 Å². The molecule has 25 heavy (non-hydrogen) atoms. The van der Waals surface area contributed by atoms with E-state index in [0.29, 0.717) is 0 Å². The van der Waals surface area contributed by atoms with Gasteiger partial charge in [-0.25, -0.2) is 0 Å². The quantitative estimate of drug-likeness (QED) is 0.793. The van der Waals surface area contributed by atoms with Gasteiger partial charge in [-0.3, -0.25) is 4.98 Å². The highest BCUT2D eigenvalue weighted by Gasteiger charge is 2.24. The molecule has 1 saturated carbocycles. The van der Waals surface area contributed by atoms with Crippen LogP contribution in [0.5, 0.6) is 0 Å². The lowest BCUT2D eigenvalue weighted by atomic mass is 9.93. The Hall–Kier alpha value is -1.16. The summed E-state index contributed by atoms with van der Waals surface area (Å²) in [5.74, 6) is 0.954. The Kier molecular flexibility index (Phi) is 4.99. The van der Waals surface area contributed by atoms with Gasteiger partial charge in [-0.2, -0.15) is 0 Å². The molecule has 1 fully saturated rings. The van der Waals surface area contributed by atoms with Crippen molar-refractivity contribution in [1.82, 2.24) is 9.88 Å². The van der Waals surface area contributed by atoms with Gasteiger partial charge in [0.15, 0.2) is 0 Å². The molecule has 2 aliphatic rings. The first kappa shape index (κ1) is 17.3. The maximum atomic E-state index is 6.69. The van der Waals surface area contributed by atoms with Crippen LogP contribution in [0.3, 0.4) is 0 Å². The van der Waals surface area contributed by atoms with Crippen LogP contribution in [0.15, 0.2) is 18.2 Å². The van der Waals surface area contributed by atoms with Gasteiger partial charge in [-0.15, -0.1) is 0 Å². The summed E-state index contributed by atoms with van der Waals surface area (Å²) in [4.78, 5) is 7.33. The van der Waals surface area contributed by atoms with Crippen molar-refractivity contribution < 1.29 is 0 Å². The summed E-state index contributed by atoms with van der Waals surface area (Å²) >= 11 is 6.19. The molecular formula is C21H28ClN3. The van der Waals surface area contributed by atoms with Crippen LogP contribution in [0, 0.1) is 5.92 Å². The van der Waals surface area contributed by atoms with Gasteiger partial charge in [0.1, 0.15) is 0 Å². The van der Waals surface area contributed by atoms with Crippen molar-refractivity contribution in [2.45, 2.75) is 51.0 Å². The number of rotatable bonds is 7. The zero-order valence-electron chi connectivity index (χ0n) is 15.1. The summed E-state index contributed by atoms with van der Waals surface area (Å²) in [5, 5.41) is 1.95. The summed E-state index contributed by atoms with van der Waals surface area (Å²) in [5.41, 5.74) is 11.7. The number of aromatic nitrogens is 1. The first-order chi connectivity index (χ1) is 12.1. The van der Waals surface area contributed by atoms with E-state index in [2.05, 4.69) is 18.0 Å². The molecule has 0 radical (unpaired) electrons. The van der Waals surface area contributed by atoms with Gasteiger partial charge in [0.25, 0.3) is 0 Å². The fourth-order valence-corrected chi connectivity index (χ4v) is 4.42. The topological polar surface area (TPSA) is 42.1 Å². The largest absolute Gasteiger partial charge is 0.324 e. The molecule has 2 aromatic rings. The van der Waals surface area contributed by atoms with E-state index >= 15 is 0 Å². The molecule has 3 nitrogen and oxygen atoms in total. The molecule has 0 bridgehead atoms. The van der Waals surface area contributed by atoms with Crippen LogP contribution < -0.4 is 5.73 Å². The summed E-state index contributed by atoms with van der Waals surface area (Å²) in [7, 11) is 2.24. The van der Waals surface area contributed by atoms with Gasteiger partial charge in [-0.1, -0.05) is 17.7 Å². The van der Waals surface area contributed by atoms with Crippen LogP contribution in [0.25, 0.3) is 10.9 Å². The number of nitrogens with zero attached hydrogens (tertiary/aromatic N) is 2. The third-order valence-corrected chi connectivity index (χ3v) is 5.95. The Balaban J connectivity index is 1.52. The maximum absolute atomic E-state index is 6.69. The predicted octanol–water partition coefficient (Wildman–Crippen LogP) is 4.50. The predicted molar refractivity (Wildman–Crippen MR) is 105 cm³/mol. The third-order valence-electron chi connectivity index (χ3n) is 5.71. The number of fused-ring (bicyclic) bond motifs is 2. The van der Waals surface area contributed by atoms with Gasteiger partial charge in [0.05, 0.1) is 5.52 Å². The second kappa shape index (κ2) is 7.22. The number of benzene rings is 1. The molecule has 4 rings (SSSR count). The Morgan fingerprint density at radius 1 is 1.32 bits per heavy atom. The van der Waals surface area contributed by atoms with E-state index in [1.165, 1.54) is 48.0 Å². The van der Waals surface area contributed by atoms with E-state index in [9.17, 15) is 0 Å². The van der Waals surface area contributed by atoms with Crippen molar-refractivity contribution in [3.63, 3.8) is 0 Å². The molecule has 0 spiro atoms. The highest BCUT2D eigenvalue weighted by atomic mass is 35.5. The summed E-state index contributed by atoms with van der Waals surface area (Å²) in [6.45, 7) is 2.39. The number of nitrogens with two attached hydrogens (primary N) is 1. The standard InChI is InChI=1S/C21H28ClN3/c1-25(13-14-7-8-14)11-3-5-18(23)21-16-4-2-6-19(16)24-20-12-15(22)9-10-17(20)21/h9-10,12,14,18H,2-8,11,13,23H2,1H3. The van der Waals surface area contributed by atoms with Crippen LogP contribution in [0.2, 0.25) is 5.02 Å². The third kappa shape index (κ3) is 3.84. The molecule has 1 aromatic heterocycles. The van der Waals surface area contributed by atoms with Crippen molar-refractivity contribution in [2.24, 2.45) is 11.7 Å². The molecule has 0 saturated heterocycles. The fraction of sp³-hybridized carbons (Fsp3) is 0.571. The van der Waals surface area contributed by atoms with Crippen molar-refractivity contribution >= 4 is 22.5 Å². The Bertz CT molecular complexity index is 769. The zero-order chi connectivity index (χ0) is 17.4. The Labute approximate surface area is 155 Å². The molecule has 1 aromatic carbocycles. The number of hydrogen-bond acceptors (Lipinski definition) is 3. The lowest BCUT2D eigenvalue weighted by Crippen LogP contribution is -2.23. The first-order valence-electron chi connectivity index (χ1n) is 9.67. The first-order valence-corrected chi connectivity index (χ1v) is 10.0. The molecule has 0 amide bonds. The lowest BCUT2D eigenvalue weighted by molar-refractivity contribution is 0.309. The monoisotopic (exact) mass is 357 g/mol. The van der Waals surface area contributed by atoms with Crippen LogP contribution >= 0.6 is 11.6 Å². The lowest BCUT2D eigenvalue weighted by Gasteiger charge is -2.21. The molecule has 1 heterocycles. The highest BCUT2D eigenvalue weighted by Crippen LogP contribution is 2.35. The van der Waals surface area contributed by atoms with E-state index < -0.39 is 0 Å². The molecule has 4 heteroatoms. The van der Waals surface area contributed by atoms with Crippen molar-refractivity contribution in [1.29, 1.82) is 0 Å². The zero-order valence-corrected chi connectivity index (χ0v) is 15.9. The number of halogens is 1. The SMILES string of the molecule is CN(CCCC(N)c1c2c(nc3cc(Cl)ccc13)CCC2)CC1CC1. The molecule has 1 atom stereocenters. The summed E-state index contributed by atoms with van der Waals surface area (Å²) < 4.78 is 0. The van der Waals surface area contributed by atoms with E-state index in [-0.39, 0.29) is 6.04 Å². The average molecular weight is 358 g/mol. The number of pyridine rings is 1. The molecular weight excluding hydrogens is 330 g/mol. The molecule has 2 N–H and O–H groups in total. The van der Waals surface area contributed by atoms with Gasteiger partial charge in [0.2, 0.25) is 0 Å². The second-order valence-electron chi connectivity index (χ2n) is 7.92. The molecule has 2 aliphatic carbocycles. The minimum absolute atomic E-state index is 0.0906. The van der Waals surface area contributed by atoms with Crippen molar-refractivity contribution in [3.05, 3.63) is 40.0 Å². The maximum Gasteiger partial charge on any atom is 0.0723 e. The van der Waals surface area contributed by atoms with Gasteiger partial charge < -0.3 is 10.6 Å². The van der Waals surface area contributed by atoms with Gasteiger partial charge in [-0.05, 0) is 87.7 Å².